The fourth-order valence-corrected chi connectivity index (χ4v) is 2.80. The van der Waals surface area contributed by atoms with Crippen LogP contribution >= 0.6 is 11.6 Å². The number of aromatic nitrogens is 3. The molecule has 2 heterocycles. The van der Waals surface area contributed by atoms with Crippen LogP contribution in [0.15, 0.2) is 12.3 Å². The topological polar surface area (TPSA) is 30.7 Å². The van der Waals surface area contributed by atoms with Crippen LogP contribution in [0.1, 0.15) is 37.2 Å². The first-order chi connectivity index (χ1) is 8.72. The first-order valence-corrected chi connectivity index (χ1v) is 7.14. The molecule has 0 aliphatic heterocycles. The summed E-state index contributed by atoms with van der Waals surface area (Å²) < 4.78 is 2.31. The number of hydrogen-bond acceptors (Lipinski definition) is 2. The van der Waals surface area contributed by atoms with E-state index in [9.17, 15) is 0 Å². The lowest BCUT2D eigenvalue weighted by molar-refractivity contribution is 0.479. The maximum atomic E-state index is 5.90. The molecule has 3 rings (SSSR count). The van der Waals surface area contributed by atoms with Gasteiger partial charge in [0.1, 0.15) is 11.3 Å². The van der Waals surface area contributed by atoms with Gasteiger partial charge in [-0.3, -0.25) is 0 Å². The van der Waals surface area contributed by atoms with E-state index in [1.54, 1.807) is 0 Å². The molecule has 2 aromatic rings. The molecule has 18 heavy (non-hydrogen) atoms. The molecule has 0 bridgehead atoms. The van der Waals surface area contributed by atoms with Crippen molar-refractivity contribution < 1.29 is 0 Å². The van der Waals surface area contributed by atoms with Crippen LogP contribution in [0.2, 0.25) is 0 Å². The van der Waals surface area contributed by atoms with Crippen molar-refractivity contribution in [3.05, 3.63) is 23.7 Å². The predicted octanol–water partition coefficient (Wildman–Crippen LogP) is 3.49. The first kappa shape index (κ1) is 12.0. The van der Waals surface area contributed by atoms with Crippen molar-refractivity contribution in [3.63, 3.8) is 0 Å². The van der Waals surface area contributed by atoms with Crippen molar-refractivity contribution in [2.45, 2.75) is 39.2 Å². The average Bonchev–Trinajstić information content (AvgIpc) is 3.12. The van der Waals surface area contributed by atoms with Crippen LogP contribution in [0.5, 0.6) is 0 Å². The molecule has 1 atom stereocenters. The molecule has 0 aromatic carbocycles. The van der Waals surface area contributed by atoms with E-state index in [-0.39, 0.29) is 0 Å². The third-order valence-electron chi connectivity index (χ3n) is 3.88. The lowest BCUT2D eigenvalue weighted by Gasteiger charge is -2.16. The van der Waals surface area contributed by atoms with Crippen molar-refractivity contribution >= 4 is 22.8 Å². The van der Waals surface area contributed by atoms with Gasteiger partial charge in [0.05, 0.1) is 0 Å². The summed E-state index contributed by atoms with van der Waals surface area (Å²) in [5.74, 6) is 2.49. The molecule has 0 amide bonds. The maximum Gasteiger partial charge on any atom is 0.160 e. The number of rotatable bonds is 4. The van der Waals surface area contributed by atoms with Crippen LogP contribution in [0, 0.1) is 12.8 Å². The first-order valence-electron chi connectivity index (χ1n) is 6.60. The van der Waals surface area contributed by atoms with E-state index in [4.69, 9.17) is 16.6 Å². The Bertz CT molecular complexity index is 572. The standard InChI is InChI=1S/C14H18ClN3/c1-9-6-8-16-14-13(9)17-12(5-7-15)18(14)10(2)11-3-4-11/h6,8,10-11H,3-5,7H2,1-2H3. The summed E-state index contributed by atoms with van der Waals surface area (Å²) in [7, 11) is 0. The van der Waals surface area contributed by atoms with E-state index >= 15 is 0 Å². The van der Waals surface area contributed by atoms with Gasteiger partial charge in [-0.2, -0.15) is 0 Å². The molecule has 1 aliphatic carbocycles. The van der Waals surface area contributed by atoms with Crippen LogP contribution < -0.4 is 0 Å². The van der Waals surface area contributed by atoms with Crippen LogP contribution in [0.4, 0.5) is 0 Å². The highest BCUT2D eigenvalue weighted by atomic mass is 35.5. The Labute approximate surface area is 112 Å². The van der Waals surface area contributed by atoms with Crippen molar-refractivity contribution in [1.82, 2.24) is 14.5 Å². The lowest BCUT2D eigenvalue weighted by Crippen LogP contribution is -2.12. The summed E-state index contributed by atoms with van der Waals surface area (Å²) in [6.07, 6.45) is 5.34. The van der Waals surface area contributed by atoms with E-state index < -0.39 is 0 Å². The molecule has 0 spiro atoms. The second-order valence-corrected chi connectivity index (χ2v) is 5.59. The number of nitrogens with zero attached hydrogens (tertiary/aromatic N) is 3. The fraction of sp³-hybridized carbons (Fsp3) is 0.571. The molecular weight excluding hydrogens is 246 g/mol. The maximum absolute atomic E-state index is 5.90. The molecule has 2 aromatic heterocycles. The number of fused-ring (bicyclic) bond motifs is 1. The summed E-state index contributed by atoms with van der Waals surface area (Å²) >= 11 is 5.90. The van der Waals surface area contributed by atoms with Crippen LogP contribution in [-0.4, -0.2) is 20.4 Å². The number of hydrogen-bond donors (Lipinski definition) is 0. The van der Waals surface area contributed by atoms with E-state index in [0.717, 1.165) is 29.3 Å². The molecule has 96 valence electrons. The van der Waals surface area contributed by atoms with Gasteiger partial charge in [-0.15, -0.1) is 11.6 Å². The third kappa shape index (κ3) is 1.91. The molecule has 0 radical (unpaired) electrons. The fourth-order valence-electron chi connectivity index (χ4n) is 2.63. The van der Waals surface area contributed by atoms with E-state index in [0.29, 0.717) is 11.9 Å². The Morgan fingerprint density at radius 2 is 2.28 bits per heavy atom. The highest BCUT2D eigenvalue weighted by Gasteiger charge is 2.31. The molecule has 1 saturated carbocycles. The normalized spacial score (nSPS) is 17.3. The smallest absolute Gasteiger partial charge is 0.160 e. The molecule has 0 N–H and O–H groups in total. The Kier molecular flexibility index (Phi) is 3.02. The van der Waals surface area contributed by atoms with E-state index in [1.807, 2.05) is 12.3 Å². The number of alkyl halides is 1. The minimum Gasteiger partial charge on any atom is -0.310 e. The van der Waals surface area contributed by atoms with Gasteiger partial charge in [-0.25, -0.2) is 9.97 Å². The number of imidazole rings is 1. The summed E-state index contributed by atoms with van der Waals surface area (Å²) in [4.78, 5) is 9.28. The van der Waals surface area contributed by atoms with E-state index in [2.05, 4.69) is 23.4 Å². The Hall–Kier alpha value is -1.09. The highest BCUT2D eigenvalue weighted by Crippen LogP contribution is 2.41. The van der Waals surface area contributed by atoms with Gasteiger partial charge in [0.15, 0.2) is 5.65 Å². The SMILES string of the molecule is Cc1ccnc2c1nc(CCCl)n2C(C)C1CC1. The molecular formula is C14H18ClN3. The minimum absolute atomic E-state index is 0.488. The number of pyridine rings is 1. The van der Waals surface area contributed by atoms with Crippen molar-refractivity contribution in [2.24, 2.45) is 5.92 Å². The minimum atomic E-state index is 0.488. The van der Waals surface area contributed by atoms with E-state index in [1.165, 1.54) is 18.4 Å². The predicted molar refractivity (Wildman–Crippen MR) is 74.1 cm³/mol. The Morgan fingerprint density at radius 1 is 1.50 bits per heavy atom. The zero-order chi connectivity index (χ0) is 12.7. The van der Waals surface area contributed by atoms with Gasteiger partial charge in [-0.05, 0) is 44.2 Å². The number of halogens is 1. The summed E-state index contributed by atoms with van der Waals surface area (Å²) in [6, 6.07) is 2.51. The summed E-state index contributed by atoms with van der Waals surface area (Å²) in [5, 5.41) is 0. The van der Waals surface area contributed by atoms with Crippen molar-refractivity contribution in [2.75, 3.05) is 5.88 Å². The summed E-state index contributed by atoms with van der Waals surface area (Å²) in [6.45, 7) is 4.37. The molecule has 1 aliphatic rings. The second kappa shape index (κ2) is 4.54. The van der Waals surface area contributed by atoms with Crippen LogP contribution in [0.25, 0.3) is 11.2 Å². The molecule has 1 unspecified atom stereocenters. The van der Waals surface area contributed by atoms with Gasteiger partial charge < -0.3 is 4.57 Å². The van der Waals surface area contributed by atoms with Crippen molar-refractivity contribution in [3.8, 4) is 0 Å². The largest absolute Gasteiger partial charge is 0.310 e. The van der Waals surface area contributed by atoms with Gasteiger partial charge in [0.2, 0.25) is 0 Å². The third-order valence-corrected chi connectivity index (χ3v) is 4.07. The van der Waals surface area contributed by atoms with Crippen LogP contribution in [0.3, 0.4) is 0 Å². The Balaban J connectivity index is 2.17. The van der Waals surface area contributed by atoms with Crippen molar-refractivity contribution in [1.29, 1.82) is 0 Å². The monoisotopic (exact) mass is 263 g/mol. The molecule has 4 heteroatoms. The second-order valence-electron chi connectivity index (χ2n) is 5.22. The van der Waals surface area contributed by atoms with Gasteiger partial charge >= 0.3 is 0 Å². The number of aryl methyl sites for hydroxylation is 2. The average molecular weight is 264 g/mol. The zero-order valence-electron chi connectivity index (χ0n) is 10.9. The van der Waals surface area contributed by atoms with Gasteiger partial charge in [-0.1, -0.05) is 0 Å². The zero-order valence-corrected chi connectivity index (χ0v) is 11.6. The highest BCUT2D eigenvalue weighted by molar-refractivity contribution is 6.17. The van der Waals surface area contributed by atoms with Gasteiger partial charge in [0, 0.05) is 24.5 Å². The van der Waals surface area contributed by atoms with Gasteiger partial charge in [0.25, 0.3) is 0 Å². The van der Waals surface area contributed by atoms with Crippen LogP contribution in [-0.2, 0) is 6.42 Å². The molecule has 0 saturated heterocycles. The molecule has 1 fully saturated rings. The quantitative estimate of drug-likeness (QED) is 0.791. The lowest BCUT2D eigenvalue weighted by atomic mass is 10.2. The summed E-state index contributed by atoms with van der Waals surface area (Å²) in [5.41, 5.74) is 3.25. The molecule has 3 nitrogen and oxygen atoms in total. The Morgan fingerprint density at radius 3 is 2.94 bits per heavy atom.